The second kappa shape index (κ2) is 8.21. The molecule has 0 atom stereocenters. The maximum absolute atomic E-state index is 12.2. The summed E-state index contributed by atoms with van der Waals surface area (Å²) in [6.45, 7) is 4.08. The van der Waals surface area contributed by atoms with Crippen LogP contribution < -0.4 is 5.32 Å². The second-order valence-electron chi connectivity index (χ2n) is 6.04. The maximum Gasteiger partial charge on any atom is 0.253 e. The molecule has 27 heavy (non-hydrogen) atoms. The highest BCUT2D eigenvalue weighted by Gasteiger charge is 2.15. The first-order valence-electron chi connectivity index (χ1n) is 8.29. The van der Waals surface area contributed by atoms with E-state index in [9.17, 15) is 9.59 Å². The van der Waals surface area contributed by atoms with E-state index in [1.807, 2.05) is 19.9 Å². The predicted molar refractivity (Wildman–Crippen MR) is 99.2 cm³/mol. The van der Waals surface area contributed by atoms with Crippen LogP contribution in [0.5, 0.6) is 0 Å². The number of thioether (sulfide) groups is 1. The molecule has 0 fully saturated rings. The minimum Gasteiger partial charge on any atom is -0.467 e. The number of hydrogen-bond acceptors (Lipinski definition) is 7. The number of furan rings is 1. The first kappa shape index (κ1) is 18.9. The van der Waals surface area contributed by atoms with Gasteiger partial charge in [-0.15, -0.1) is 5.10 Å². The van der Waals surface area contributed by atoms with E-state index in [4.69, 9.17) is 4.42 Å². The molecule has 0 saturated heterocycles. The first-order chi connectivity index (χ1) is 12.9. The van der Waals surface area contributed by atoms with Crippen LogP contribution in [0.15, 0.2) is 34.0 Å². The third-order valence-corrected chi connectivity index (χ3v) is 4.59. The average Bonchev–Trinajstić information content (AvgIpc) is 3.27. The second-order valence-corrected chi connectivity index (χ2v) is 6.98. The standard InChI is InChI=1S/C17H20N6O3S/c1-11-7-12(2)23-16(19-11)20-17(21-23)27-10-15(25)22(3)9-14(24)18-8-13-5-4-6-26-13/h4-7H,8-10H2,1-3H3,(H,18,24). The van der Waals surface area contributed by atoms with Crippen LogP contribution in [-0.2, 0) is 16.1 Å². The van der Waals surface area contributed by atoms with Crippen molar-refractivity contribution in [3.63, 3.8) is 0 Å². The van der Waals surface area contributed by atoms with Crippen LogP contribution in [-0.4, -0.2) is 55.6 Å². The van der Waals surface area contributed by atoms with Crippen molar-refractivity contribution in [1.29, 1.82) is 0 Å². The van der Waals surface area contributed by atoms with Crippen molar-refractivity contribution in [2.45, 2.75) is 25.5 Å². The van der Waals surface area contributed by atoms with Crippen molar-refractivity contribution in [1.82, 2.24) is 29.8 Å². The number of carbonyl (C=O) groups is 2. The predicted octanol–water partition coefficient (Wildman–Crippen LogP) is 1.20. The van der Waals surface area contributed by atoms with Crippen molar-refractivity contribution >= 4 is 29.4 Å². The van der Waals surface area contributed by atoms with Crippen LogP contribution in [0.1, 0.15) is 17.1 Å². The molecule has 3 aromatic heterocycles. The van der Waals surface area contributed by atoms with Gasteiger partial charge in [0.05, 0.1) is 25.1 Å². The lowest BCUT2D eigenvalue weighted by molar-refractivity contribution is -0.132. The highest BCUT2D eigenvalue weighted by Crippen LogP contribution is 2.15. The van der Waals surface area contributed by atoms with E-state index in [1.54, 1.807) is 30.0 Å². The number of hydrogen-bond donors (Lipinski definition) is 1. The van der Waals surface area contributed by atoms with Gasteiger partial charge in [-0.3, -0.25) is 9.59 Å². The summed E-state index contributed by atoms with van der Waals surface area (Å²) in [6.07, 6.45) is 1.54. The van der Waals surface area contributed by atoms with E-state index in [0.717, 1.165) is 11.4 Å². The number of aromatic nitrogens is 4. The fraction of sp³-hybridized carbons (Fsp3) is 0.353. The quantitative estimate of drug-likeness (QED) is 0.606. The van der Waals surface area contributed by atoms with Gasteiger partial charge < -0.3 is 14.6 Å². The number of nitrogens with one attached hydrogen (secondary N) is 1. The lowest BCUT2D eigenvalue weighted by atomic mass is 10.4. The van der Waals surface area contributed by atoms with Gasteiger partial charge in [-0.2, -0.15) is 4.98 Å². The SMILES string of the molecule is Cc1cc(C)n2nc(SCC(=O)N(C)CC(=O)NCc3ccco3)nc2n1. The van der Waals surface area contributed by atoms with Gasteiger partial charge >= 0.3 is 0 Å². The van der Waals surface area contributed by atoms with E-state index in [-0.39, 0.29) is 24.1 Å². The third-order valence-electron chi connectivity index (χ3n) is 3.77. The minimum atomic E-state index is -0.256. The molecule has 0 aromatic carbocycles. The Labute approximate surface area is 160 Å². The summed E-state index contributed by atoms with van der Waals surface area (Å²) in [4.78, 5) is 34.2. The Bertz CT molecular complexity index is 953. The van der Waals surface area contributed by atoms with Gasteiger partial charge in [-0.1, -0.05) is 11.8 Å². The van der Waals surface area contributed by atoms with Crippen molar-refractivity contribution in [3.8, 4) is 0 Å². The van der Waals surface area contributed by atoms with Gasteiger partial charge in [0.2, 0.25) is 17.0 Å². The van der Waals surface area contributed by atoms with Gasteiger partial charge in [0.25, 0.3) is 5.78 Å². The smallest absolute Gasteiger partial charge is 0.253 e. The number of amides is 2. The summed E-state index contributed by atoms with van der Waals surface area (Å²) < 4.78 is 6.79. The zero-order chi connectivity index (χ0) is 19.4. The average molecular weight is 388 g/mol. The number of carbonyl (C=O) groups excluding carboxylic acids is 2. The van der Waals surface area contributed by atoms with Crippen molar-refractivity contribution in [3.05, 3.63) is 41.6 Å². The molecule has 0 radical (unpaired) electrons. The molecule has 9 nitrogen and oxygen atoms in total. The Morgan fingerprint density at radius 2 is 2.15 bits per heavy atom. The lowest BCUT2D eigenvalue weighted by Crippen LogP contribution is -2.38. The van der Waals surface area contributed by atoms with Crippen molar-refractivity contribution in [2.24, 2.45) is 0 Å². The highest BCUT2D eigenvalue weighted by molar-refractivity contribution is 7.99. The Morgan fingerprint density at radius 1 is 1.33 bits per heavy atom. The normalized spacial score (nSPS) is 10.9. The zero-order valence-electron chi connectivity index (χ0n) is 15.3. The van der Waals surface area contributed by atoms with Gasteiger partial charge in [-0.05, 0) is 32.0 Å². The summed E-state index contributed by atoms with van der Waals surface area (Å²) in [5, 5.41) is 7.53. The van der Waals surface area contributed by atoms with E-state index >= 15 is 0 Å². The summed E-state index contributed by atoms with van der Waals surface area (Å²) in [7, 11) is 1.58. The summed E-state index contributed by atoms with van der Waals surface area (Å²) in [5.41, 5.74) is 1.79. The molecule has 0 aliphatic heterocycles. The molecule has 0 aliphatic rings. The Morgan fingerprint density at radius 3 is 2.89 bits per heavy atom. The van der Waals surface area contributed by atoms with Crippen LogP contribution in [0.4, 0.5) is 0 Å². The summed E-state index contributed by atoms with van der Waals surface area (Å²) in [5.74, 6) is 0.857. The molecule has 10 heteroatoms. The first-order valence-corrected chi connectivity index (χ1v) is 9.28. The molecule has 3 aromatic rings. The van der Waals surface area contributed by atoms with Crippen LogP contribution in [0.3, 0.4) is 0 Å². The number of fused-ring (bicyclic) bond motifs is 1. The molecular formula is C17H20N6O3S. The number of rotatable bonds is 7. The van der Waals surface area contributed by atoms with Gasteiger partial charge in [0, 0.05) is 18.4 Å². The molecule has 0 unspecified atom stereocenters. The fourth-order valence-corrected chi connectivity index (χ4v) is 3.16. The molecular weight excluding hydrogens is 368 g/mol. The summed E-state index contributed by atoms with van der Waals surface area (Å²) in [6, 6.07) is 5.43. The molecule has 0 bridgehead atoms. The maximum atomic E-state index is 12.2. The monoisotopic (exact) mass is 388 g/mol. The third kappa shape index (κ3) is 4.85. The number of aryl methyl sites for hydroxylation is 2. The van der Waals surface area contributed by atoms with Crippen LogP contribution >= 0.6 is 11.8 Å². The Kier molecular flexibility index (Phi) is 5.75. The molecule has 0 aliphatic carbocycles. The molecule has 3 heterocycles. The van der Waals surface area contributed by atoms with Gasteiger partial charge in [-0.25, -0.2) is 9.50 Å². The van der Waals surface area contributed by atoms with Crippen LogP contribution in [0, 0.1) is 13.8 Å². The molecule has 1 N–H and O–H groups in total. The van der Waals surface area contributed by atoms with Gasteiger partial charge in [0.1, 0.15) is 5.76 Å². The van der Waals surface area contributed by atoms with E-state index in [1.165, 1.54) is 16.7 Å². The van der Waals surface area contributed by atoms with Crippen molar-refractivity contribution in [2.75, 3.05) is 19.3 Å². The Balaban J connectivity index is 1.49. The van der Waals surface area contributed by atoms with Crippen LogP contribution in [0.25, 0.3) is 5.78 Å². The van der Waals surface area contributed by atoms with E-state index in [2.05, 4.69) is 20.4 Å². The van der Waals surface area contributed by atoms with Crippen LogP contribution in [0.2, 0.25) is 0 Å². The molecule has 142 valence electrons. The summed E-state index contributed by atoms with van der Waals surface area (Å²) >= 11 is 1.21. The molecule has 0 spiro atoms. The molecule has 3 rings (SSSR count). The largest absolute Gasteiger partial charge is 0.467 e. The number of nitrogens with zero attached hydrogens (tertiary/aromatic N) is 5. The fourth-order valence-electron chi connectivity index (χ4n) is 2.40. The lowest BCUT2D eigenvalue weighted by Gasteiger charge is -2.15. The molecule has 0 saturated carbocycles. The molecule has 2 amide bonds. The minimum absolute atomic E-state index is 0.0292. The van der Waals surface area contributed by atoms with E-state index < -0.39 is 0 Å². The number of likely N-dealkylation sites (N-methyl/N-ethyl adjacent to an activating group) is 1. The van der Waals surface area contributed by atoms with Gasteiger partial charge in [0.15, 0.2) is 0 Å². The Hall–Kier alpha value is -2.88. The van der Waals surface area contributed by atoms with Crippen molar-refractivity contribution < 1.29 is 14.0 Å². The highest BCUT2D eigenvalue weighted by atomic mass is 32.2. The topological polar surface area (TPSA) is 106 Å². The van der Waals surface area contributed by atoms with E-state index in [0.29, 0.717) is 23.2 Å². The zero-order valence-corrected chi connectivity index (χ0v) is 16.1.